The summed E-state index contributed by atoms with van der Waals surface area (Å²) >= 11 is 0. The first-order valence-corrected chi connectivity index (χ1v) is 8.84. The Morgan fingerprint density at radius 3 is 1.78 bits per heavy atom. The number of hydrogen-bond donors (Lipinski definition) is 0. The summed E-state index contributed by atoms with van der Waals surface area (Å²) in [5.74, 6) is -2.39. The van der Waals surface area contributed by atoms with Gasteiger partial charge in [0.25, 0.3) is 0 Å². The van der Waals surface area contributed by atoms with Crippen molar-refractivity contribution in [1.82, 2.24) is 0 Å². The van der Waals surface area contributed by atoms with E-state index in [1.54, 1.807) is 24.3 Å². The van der Waals surface area contributed by atoms with Gasteiger partial charge in [-0.25, -0.2) is 0 Å². The minimum Gasteiger partial charge on any atom is -0.468 e. The Bertz CT molecular complexity index is 843. The molecule has 0 unspecified atom stereocenters. The smallest absolute Gasteiger partial charge is 0.324 e. The van der Waals surface area contributed by atoms with Crippen LogP contribution in [0.15, 0.2) is 60.7 Å². The Labute approximate surface area is 158 Å². The number of methoxy groups -OCH3 is 2. The van der Waals surface area contributed by atoms with E-state index in [2.05, 4.69) is 0 Å². The van der Waals surface area contributed by atoms with Gasteiger partial charge in [-0.2, -0.15) is 0 Å². The molecule has 140 valence electrons. The Kier molecular flexibility index (Phi) is 4.87. The normalized spacial score (nSPS) is 22.6. The SMILES string of the molecule is CC[C@]1(C(=O)c2ccccc2)[C@H](c2ccccc2)C1(C(=O)OC)C(=O)OC. The second-order valence-electron chi connectivity index (χ2n) is 6.65. The van der Waals surface area contributed by atoms with Crippen LogP contribution in [0.4, 0.5) is 0 Å². The topological polar surface area (TPSA) is 69.7 Å². The summed E-state index contributed by atoms with van der Waals surface area (Å²) in [5.41, 5.74) is -1.76. The Balaban J connectivity index is 2.26. The third kappa shape index (κ3) is 2.41. The molecule has 5 heteroatoms. The second kappa shape index (κ2) is 6.99. The van der Waals surface area contributed by atoms with Crippen LogP contribution in [0, 0.1) is 10.8 Å². The van der Waals surface area contributed by atoms with Crippen molar-refractivity contribution in [3.05, 3.63) is 71.8 Å². The van der Waals surface area contributed by atoms with Gasteiger partial charge in [0.05, 0.1) is 19.6 Å². The minimum absolute atomic E-state index is 0.254. The quantitative estimate of drug-likeness (QED) is 0.445. The summed E-state index contributed by atoms with van der Waals surface area (Å²) in [7, 11) is 2.45. The highest BCUT2D eigenvalue weighted by Gasteiger charge is 2.88. The molecule has 5 nitrogen and oxygen atoms in total. The number of carbonyl (C=O) groups excluding carboxylic acids is 3. The van der Waals surface area contributed by atoms with Gasteiger partial charge < -0.3 is 9.47 Å². The van der Waals surface area contributed by atoms with Crippen LogP contribution in [0.2, 0.25) is 0 Å². The third-order valence-electron chi connectivity index (χ3n) is 5.69. The number of hydrogen-bond acceptors (Lipinski definition) is 5. The molecule has 0 spiro atoms. The number of ketones is 1. The van der Waals surface area contributed by atoms with Gasteiger partial charge in [-0.3, -0.25) is 14.4 Å². The van der Waals surface area contributed by atoms with E-state index in [-0.39, 0.29) is 5.78 Å². The van der Waals surface area contributed by atoms with Crippen molar-refractivity contribution in [3.63, 3.8) is 0 Å². The molecule has 0 heterocycles. The predicted molar refractivity (Wildman–Crippen MR) is 99.1 cm³/mol. The first kappa shape index (κ1) is 18.8. The van der Waals surface area contributed by atoms with Crippen molar-refractivity contribution in [2.24, 2.45) is 10.8 Å². The lowest BCUT2D eigenvalue weighted by Gasteiger charge is -2.20. The molecule has 0 bridgehead atoms. The van der Waals surface area contributed by atoms with E-state index in [1.165, 1.54) is 14.2 Å². The first-order chi connectivity index (χ1) is 13.0. The van der Waals surface area contributed by atoms with Crippen LogP contribution in [-0.4, -0.2) is 31.9 Å². The molecule has 2 atom stereocenters. The molecule has 1 saturated carbocycles. The second-order valence-corrected chi connectivity index (χ2v) is 6.65. The largest absolute Gasteiger partial charge is 0.468 e. The van der Waals surface area contributed by atoms with E-state index in [9.17, 15) is 14.4 Å². The number of esters is 2. The Hall–Kier alpha value is -2.95. The zero-order chi connectivity index (χ0) is 19.7. The Morgan fingerprint density at radius 2 is 1.33 bits per heavy atom. The molecule has 1 fully saturated rings. The molecule has 0 amide bonds. The summed E-state index contributed by atoms with van der Waals surface area (Å²) in [6.45, 7) is 1.81. The maximum Gasteiger partial charge on any atom is 0.324 e. The highest BCUT2D eigenvalue weighted by molar-refractivity contribution is 6.18. The van der Waals surface area contributed by atoms with Crippen LogP contribution in [0.1, 0.15) is 35.2 Å². The molecular weight excluding hydrogens is 344 g/mol. The van der Waals surface area contributed by atoms with Crippen molar-refractivity contribution >= 4 is 17.7 Å². The fourth-order valence-electron chi connectivity index (χ4n) is 4.52. The number of carbonyl (C=O) groups is 3. The van der Waals surface area contributed by atoms with E-state index in [1.807, 2.05) is 43.3 Å². The van der Waals surface area contributed by atoms with E-state index in [0.717, 1.165) is 5.56 Å². The van der Waals surface area contributed by atoms with Crippen LogP contribution >= 0.6 is 0 Å². The van der Waals surface area contributed by atoms with E-state index >= 15 is 0 Å². The summed E-state index contributed by atoms with van der Waals surface area (Å²) in [5, 5.41) is 0. The van der Waals surface area contributed by atoms with Crippen LogP contribution in [0.25, 0.3) is 0 Å². The maximum absolute atomic E-state index is 13.6. The molecule has 0 N–H and O–H groups in total. The molecular formula is C22H22O5. The van der Waals surface area contributed by atoms with Crippen LogP contribution < -0.4 is 0 Å². The fraction of sp³-hybridized carbons (Fsp3) is 0.318. The standard InChI is InChI=1S/C22H22O5/c1-4-21(18(23)16-13-9-6-10-14-16)17(15-11-7-5-8-12-15)22(21,19(24)26-2)20(25)27-3/h5-14,17H,4H2,1-3H3/t17-,21+/m0/s1. The lowest BCUT2D eigenvalue weighted by atomic mass is 9.83. The number of ether oxygens (including phenoxy) is 2. The average molecular weight is 366 g/mol. The fourth-order valence-corrected chi connectivity index (χ4v) is 4.52. The monoisotopic (exact) mass is 366 g/mol. The highest BCUT2D eigenvalue weighted by atomic mass is 16.5. The molecule has 1 aliphatic rings. The summed E-state index contributed by atoms with van der Waals surface area (Å²) in [6.07, 6.45) is 0.296. The van der Waals surface area contributed by atoms with Crippen molar-refractivity contribution in [1.29, 1.82) is 0 Å². The molecule has 3 rings (SSSR count). The highest BCUT2D eigenvalue weighted by Crippen LogP contribution is 2.77. The van der Waals surface area contributed by atoms with Gasteiger partial charge in [-0.1, -0.05) is 67.6 Å². The number of rotatable bonds is 6. The lowest BCUT2D eigenvalue weighted by Crippen LogP contribution is -2.37. The predicted octanol–water partition coefficient (Wildman–Crippen LogP) is 3.40. The van der Waals surface area contributed by atoms with Gasteiger partial charge in [-0.05, 0) is 12.0 Å². The van der Waals surface area contributed by atoms with Crippen LogP contribution in [-0.2, 0) is 19.1 Å². The van der Waals surface area contributed by atoms with Crippen molar-refractivity contribution in [2.75, 3.05) is 14.2 Å². The number of Topliss-reactive ketones (excluding diaryl/α,β-unsaturated/α-hetero) is 1. The zero-order valence-corrected chi connectivity index (χ0v) is 15.6. The molecule has 0 radical (unpaired) electrons. The van der Waals surface area contributed by atoms with Gasteiger partial charge in [0.15, 0.2) is 11.2 Å². The third-order valence-corrected chi connectivity index (χ3v) is 5.69. The minimum atomic E-state index is -1.69. The molecule has 1 aliphatic carbocycles. The van der Waals surface area contributed by atoms with Gasteiger partial charge in [0.2, 0.25) is 0 Å². The average Bonchev–Trinajstić information content (AvgIpc) is 3.38. The molecule has 2 aromatic carbocycles. The van der Waals surface area contributed by atoms with Gasteiger partial charge >= 0.3 is 11.9 Å². The molecule has 27 heavy (non-hydrogen) atoms. The van der Waals surface area contributed by atoms with Crippen molar-refractivity contribution in [3.8, 4) is 0 Å². The summed E-state index contributed by atoms with van der Waals surface area (Å²) in [6, 6.07) is 17.8. The van der Waals surface area contributed by atoms with Crippen molar-refractivity contribution < 1.29 is 23.9 Å². The molecule has 0 aromatic heterocycles. The molecule has 0 aliphatic heterocycles. The van der Waals surface area contributed by atoms with Crippen LogP contribution in [0.3, 0.4) is 0 Å². The molecule has 2 aromatic rings. The van der Waals surface area contributed by atoms with Gasteiger partial charge in [-0.15, -0.1) is 0 Å². The van der Waals surface area contributed by atoms with E-state index < -0.39 is 28.7 Å². The van der Waals surface area contributed by atoms with Gasteiger partial charge in [0.1, 0.15) is 0 Å². The zero-order valence-electron chi connectivity index (χ0n) is 15.6. The Morgan fingerprint density at radius 1 is 0.852 bits per heavy atom. The van der Waals surface area contributed by atoms with Gasteiger partial charge in [0, 0.05) is 11.5 Å². The number of benzene rings is 2. The lowest BCUT2D eigenvalue weighted by molar-refractivity contribution is -0.163. The summed E-state index contributed by atoms with van der Waals surface area (Å²) < 4.78 is 10.0. The van der Waals surface area contributed by atoms with Crippen LogP contribution in [0.5, 0.6) is 0 Å². The molecule has 0 saturated heterocycles. The summed E-state index contributed by atoms with van der Waals surface area (Å²) in [4.78, 5) is 39.4. The maximum atomic E-state index is 13.6. The van der Waals surface area contributed by atoms with E-state index in [4.69, 9.17) is 9.47 Å². The van der Waals surface area contributed by atoms with E-state index in [0.29, 0.717) is 12.0 Å². The van der Waals surface area contributed by atoms with Crippen molar-refractivity contribution in [2.45, 2.75) is 19.3 Å². The first-order valence-electron chi connectivity index (χ1n) is 8.84.